The van der Waals surface area contributed by atoms with Crippen LogP contribution in [0.4, 0.5) is 4.39 Å². The number of hydrogen-bond acceptors (Lipinski definition) is 3. The minimum absolute atomic E-state index is 0.160. The molecule has 1 unspecified atom stereocenters. The summed E-state index contributed by atoms with van der Waals surface area (Å²) < 4.78 is 19.0. The van der Waals surface area contributed by atoms with E-state index in [0.29, 0.717) is 32.0 Å². The average Bonchev–Trinajstić information content (AvgIpc) is 2.89. The largest absolute Gasteiger partial charge is 0.376 e. The summed E-state index contributed by atoms with van der Waals surface area (Å²) >= 11 is 0. The van der Waals surface area contributed by atoms with Gasteiger partial charge >= 0.3 is 0 Å². The van der Waals surface area contributed by atoms with Gasteiger partial charge in [-0.1, -0.05) is 42.5 Å². The molecule has 2 aromatic rings. The van der Waals surface area contributed by atoms with Crippen LogP contribution in [-0.4, -0.2) is 55.5 Å². The number of benzene rings is 2. The number of likely N-dealkylation sites (N-methyl/N-ethyl adjacent to an activating group) is 1. The summed E-state index contributed by atoms with van der Waals surface area (Å²) in [7, 11) is 2.09. The summed E-state index contributed by atoms with van der Waals surface area (Å²) in [5.41, 5.74) is 2.15. The van der Waals surface area contributed by atoms with Crippen molar-refractivity contribution in [3.8, 4) is 0 Å². The molecule has 5 heteroatoms. The maximum Gasteiger partial charge on any atom is 0.222 e. The normalized spacial score (nSPS) is 18.1. The fraction of sp³-hybridized carbons (Fsp3) is 0.435. The first-order chi connectivity index (χ1) is 13.6. The lowest BCUT2D eigenvalue weighted by Gasteiger charge is -2.24. The predicted octanol–water partition coefficient (Wildman–Crippen LogP) is 3.37. The highest BCUT2D eigenvalue weighted by molar-refractivity contribution is 5.76. The van der Waals surface area contributed by atoms with E-state index < -0.39 is 0 Å². The Balaban J connectivity index is 1.49. The molecule has 0 N–H and O–H groups in total. The monoisotopic (exact) mass is 384 g/mol. The zero-order chi connectivity index (χ0) is 19.8. The molecular weight excluding hydrogens is 355 g/mol. The minimum atomic E-state index is -0.246. The molecule has 1 aliphatic rings. The maximum absolute atomic E-state index is 13.0. The van der Waals surface area contributed by atoms with Gasteiger partial charge in [-0.2, -0.15) is 0 Å². The summed E-state index contributed by atoms with van der Waals surface area (Å²) in [4.78, 5) is 17.0. The Hall–Kier alpha value is -2.24. The van der Waals surface area contributed by atoms with Gasteiger partial charge in [0.05, 0.1) is 13.2 Å². The third-order valence-corrected chi connectivity index (χ3v) is 5.16. The van der Waals surface area contributed by atoms with Crippen LogP contribution in [0, 0.1) is 11.7 Å². The van der Waals surface area contributed by atoms with Crippen molar-refractivity contribution >= 4 is 5.91 Å². The van der Waals surface area contributed by atoms with Crippen molar-refractivity contribution in [2.45, 2.75) is 19.4 Å². The van der Waals surface area contributed by atoms with E-state index in [1.54, 1.807) is 12.1 Å². The average molecular weight is 384 g/mol. The Morgan fingerprint density at radius 2 is 1.79 bits per heavy atom. The van der Waals surface area contributed by atoms with Gasteiger partial charge in [-0.15, -0.1) is 0 Å². The molecule has 1 aliphatic heterocycles. The van der Waals surface area contributed by atoms with Crippen LogP contribution in [0.25, 0.3) is 0 Å². The van der Waals surface area contributed by atoms with Gasteiger partial charge < -0.3 is 14.5 Å². The molecule has 1 heterocycles. The Labute approximate surface area is 166 Å². The molecule has 0 radical (unpaired) electrons. The molecule has 28 heavy (non-hydrogen) atoms. The minimum Gasteiger partial charge on any atom is -0.376 e. The lowest BCUT2D eigenvalue weighted by Crippen LogP contribution is -2.37. The SMILES string of the molecule is CN1CCN(C(=O)CCc2ccc(F)cc2)CC(COCc2ccccc2)C1. The standard InChI is InChI=1S/C23H29FN2O2/c1-25-13-14-26(23(27)12-9-19-7-10-22(24)11-8-19)16-21(15-25)18-28-17-20-5-3-2-4-6-20/h2-8,10-11,21H,9,12-18H2,1H3. The number of carbonyl (C=O) groups excluding carboxylic acids is 1. The number of rotatable bonds is 7. The van der Waals surface area contributed by atoms with Gasteiger partial charge in [0.15, 0.2) is 0 Å². The van der Waals surface area contributed by atoms with Crippen molar-refractivity contribution < 1.29 is 13.9 Å². The van der Waals surface area contributed by atoms with Gasteiger partial charge in [-0.3, -0.25) is 4.79 Å². The quantitative estimate of drug-likeness (QED) is 0.734. The lowest BCUT2D eigenvalue weighted by atomic mass is 10.1. The van der Waals surface area contributed by atoms with E-state index in [-0.39, 0.29) is 11.7 Å². The van der Waals surface area contributed by atoms with E-state index in [4.69, 9.17) is 4.74 Å². The second kappa shape index (κ2) is 10.3. The highest BCUT2D eigenvalue weighted by Gasteiger charge is 2.24. The first kappa shape index (κ1) is 20.5. The van der Waals surface area contributed by atoms with Crippen LogP contribution in [0.15, 0.2) is 54.6 Å². The zero-order valence-electron chi connectivity index (χ0n) is 16.5. The molecule has 1 fully saturated rings. The van der Waals surface area contributed by atoms with Crippen molar-refractivity contribution in [1.29, 1.82) is 0 Å². The molecule has 1 atom stereocenters. The van der Waals surface area contributed by atoms with Gasteiger partial charge in [0, 0.05) is 38.5 Å². The first-order valence-corrected chi connectivity index (χ1v) is 9.92. The second-order valence-electron chi connectivity index (χ2n) is 7.60. The molecule has 2 aromatic carbocycles. The molecule has 0 aromatic heterocycles. The molecular formula is C23H29FN2O2. The Morgan fingerprint density at radius 1 is 1.04 bits per heavy atom. The fourth-order valence-electron chi connectivity index (χ4n) is 3.59. The second-order valence-corrected chi connectivity index (χ2v) is 7.60. The molecule has 150 valence electrons. The number of amides is 1. The molecule has 4 nitrogen and oxygen atoms in total. The van der Waals surface area contributed by atoms with Crippen LogP contribution in [0.1, 0.15) is 17.5 Å². The summed E-state index contributed by atoms with van der Waals surface area (Å²) in [6, 6.07) is 16.5. The van der Waals surface area contributed by atoms with Crippen molar-refractivity contribution in [3.05, 3.63) is 71.5 Å². The number of hydrogen-bond donors (Lipinski definition) is 0. The first-order valence-electron chi connectivity index (χ1n) is 9.92. The summed E-state index contributed by atoms with van der Waals surface area (Å²) in [6.07, 6.45) is 1.09. The predicted molar refractivity (Wildman–Crippen MR) is 108 cm³/mol. The maximum atomic E-state index is 13.0. The van der Waals surface area contributed by atoms with E-state index in [0.717, 1.165) is 37.3 Å². The molecule has 0 bridgehead atoms. The van der Waals surface area contributed by atoms with Gasteiger partial charge in [0.2, 0.25) is 5.91 Å². The third-order valence-electron chi connectivity index (χ3n) is 5.16. The number of nitrogens with zero attached hydrogens (tertiary/aromatic N) is 2. The molecule has 3 rings (SSSR count). The van der Waals surface area contributed by atoms with Crippen LogP contribution < -0.4 is 0 Å². The lowest BCUT2D eigenvalue weighted by molar-refractivity contribution is -0.131. The highest BCUT2D eigenvalue weighted by Crippen LogP contribution is 2.13. The molecule has 1 saturated heterocycles. The number of aryl methyl sites for hydroxylation is 1. The molecule has 0 aliphatic carbocycles. The van der Waals surface area contributed by atoms with Crippen molar-refractivity contribution in [1.82, 2.24) is 9.80 Å². The Kier molecular flexibility index (Phi) is 7.57. The summed E-state index contributed by atoms with van der Waals surface area (Å²) in [5, 5.41) is 0. The van der Waals surface area contributed by atoms with Crippen LogP contribution in [-0.2, 0) is 22.6 Å². The highest BCUT2D eigenvalue weighted by atomic mass is 19.1. The Morgan fingerprint density at radius 3 is 2.54 bits per heavy atom. The Bertz CT molecular complexity index is 736. The van der Waals surface area contributed by atoms with Crippen molar-refractivity contribution in [2.75, 3.05) is 39.8 Å². The van der Waals surface area contributed by atoms with E-state index in [1.807, 2.05) is 23.1 Å². The van der Waals surface area contributed by atoms with Crippen LogP contribution in [0.3, 0.4) is 0 Å². The van der Waals surface area contributed by atoms with Crippen molar-refractivity contribution in [2.24, 2.45) is 5.92 Å². The van der Waals surface area contributed by atoms with Crippen LogP contribution in [0.5, 0.6) is 0 Å². The van der Waals surface area contributed by atoms with Crippen LogP contribution in [0.2, 0.25) is 0 Å². The number of halogens is 1. The number of carbonyl (C=O) groups is 1. The van der Waals surface area contributed by atoms with Crippen LogP contribution >= 0.6 is 0 Å². The van der Waals surface area contributed by atoms with E-state index in [9.17, 15) is 9.18 Å². The summed E-state index contributed by atoms with van der Waals surface area (Å²) in [6.45, 7) is 4.50. The van der Waals surface area contributed by atoms with E-state index >= 15 is 0 Å². The van der Waals surface area contributed by atoms with E-state index in [1.165, 1.54) is 12.1 Å². The summed E-state index contributed by atoms with van der Waals surface area (Å²) in [5.74, 6) is 0.211. The molecule has 0 spiro atoms. The third kappa shape index (κ3) is 6.43. The topological polar surface area (TPSA) is 32.8 Å². The zero-order valence-corrected chi connectivity index (χ0v) is 16.5. The van der Waals surface area contributed by atoms with Gasteiger partial charge in [0.1, 0.15) is 5.82 Å². The molecule has 0 saturated carbocycles. The van der Waals surface area contributed by atoms with Crippen molar-refractivity contribution in [3.63, 3.8) is 0 Å². The van der Waals surface area contributed by atoms with Gasteiger partial charge in [0.25, 0.3) is 0 Å². The number of ether oxygens (including phenoxy) is 1. The van der Waals surface area contributed by atoms with E-state index in [2.05, 4.69) is 24.1 Å². The fourth-order valence-corrected chi connectivity index (χ4v) is 3.59. The smallest absolute Gasteiger partial charge is 0.222 e. The van der Waals surface area contributed by atoms with Gasteiger partial charge in [-0.25, -0.2) is 4.39 Å². The molecule has 1 amide bonds. The van der Waals surface area contributed by atoms with Gasteiger partial charge in [-0.05, 0) is 36.7 Å².